The molecule has 1 rings (SSSR count). The Balaban J connectivity index is 2.58. The molecular weight excluding hydrogens is 341 g/mol. The van der Waals surface area contributed by atoms with Gasteiger partial charge >= 0.3 is 5.97 Å². The van der Waals surface area contributed by atoms with Gasteiger partial charge in [-0.2, -0.15) is 0 Å². The first-order valence-corrected chi connectivity index (χ1v) is 7.37. The number of hydrogen-bond donors (Lipinski definition) is 2. The van der Waals surface area contributed by atoms with Gasteiger partial charge in [-0.3, -0.25) is 9.59 Å². The van der Waals surface area contributed by atoms with Crippen molar-refractivity contribution >= 4 is 33.9 Å². The number of benzene rings is 1. The highest BCUT2D eigenvalue weighted by molar-refractivity contribution is 9.10. The molecule has 114 valence electrons. The molecule has 0 saturated heterocycles. The number of carboxylic acid groups (broad SMARTS) is 1. The predicted octanol–water partition coefficient (Wildman–Crippen LogP) is 3.22. The smallest absolute Gasteiger partial charge is 0.308 e. The minimum atomic E-state index is -0.931. The Morgan fingerprint density at radius 1 is 1.48 bits per heavy atom. The molecule has 0 aliphatic heterocycles. The molecule has 0 heterocycles. The highest BCUT2D eigenvalue weighted by atomic mass is 79.9. The second kappa shape index (κ2) is 8.56. The van der Waals surface area contributed by atoms with Crippen molar-refractivity contribution in [2.45, 2.75) is 19.8 Å². The van der Waals surface area contributed by atoms with Crippen molar-refractivity contribution in [3.63, 3.8) is 0 Å². The first kappa shape index (κ1) is 17.4. The molecule has 0 aliphatic rings. The fraction of sp³-hybridized carbons (Fsp3) is 0.333. The number of amides is 1. The Hall–Kier alpha value is -1.69. The van der Waals surface area contributed by atoms with E-state index < -0.39 is 23.6 Å². The predicted molar refractivity (Wildman–Crippen MR) is 82.2 cm³/mol. The van der Waals surface area contributed by atoms with Crippen LogP contribution in [0.15, 0.2) is 28.7 Å². The fourth-order valence-electron chi connectivity index (χ4n) is 1.75. The summed E-state index contributed by atoms with van der Waals surface area (Å²) in [6.07, 6.45) is 3.77. The van der Waals surface area contributed by atoms with Crippen LogP contribution in [0.5, 0.6) is 0 Å². The van der Waals surface area contributed by atoms with Gasteiger partial charge in [0.15, 0.2) is 0 Å². The number of carboxylic acids is 1. The Bertz CT molecular complexity index is 546. The third-order valence-electron chi connectivity index (χ3n) is 2.88. The van der Waals surface area contributed by atoms with E-state index in [2.05, 4.69) is 21.2 Å². The maximum Gasteiger partial charge on any atom is 0.308 e. The number of rotatable bonds is 7. The van der Waals surface area contributed by atoms with Gasteiger partial charge in [-0.15, -0.1) is 0 Å². The number of carbonyl (C=O) groups is 2. The van der Waals surface area contributed by atoms with Crippen LogP contribution in [0, 0.1) is 11.7 Å². The molecular formula is C15H17BrFNO3. The molecule has 4 nitrogen and oxygen atoms in total. The average molecular weight is 358 g/mol. The Kier molecular flexibility index (Phi) is 7.08. The van der Waals surface area contributed by atoms with Gasteiger partial charge in [0, 0.05) is 22.7 Å². The summed E-state index contributed by atoms with van der Waals surface area (Å²) in [6, 6.07) is 4.41. The highest BCUT2D eigenvalue weighted by Gasteiger charge is 2.16. The molecule has 6 heteroatoms. The molecule has 0 radical (unpaired) electrons. The monoisotopic (exact) mass is 357 g/mol. The standard InChI is InChI=1S/C15H17BrFNO3/c1-2-3-11(15(20)21)9-18-14(19)7-4-10-8-12(16)5-6-13(10)17/h4-8,11H,2-3,9H2,1H3,(H,18,19)(H,20,21). The van der Waals surface area contributed by atoms with E-state index in [1.807, 2.05) is 6.92 Å². The van der Waals surface area contributed by atoms with Crippen LogP contribution in [-0.2, 0) is 9.59 Å². The van der Waals surface area contributed by atoms with Crippen molar-refractivity contribution in [3.05, 3.63) is 40.1 Å². The third kappa shape index (κ3) is 6.08. The number of carbonyl (C=O) groups excluding carboxylic acids is 1. The zero-order valence-corrected chi connectivity index (χ0v) is 13.2. The molecule has 0 fully saturated rings. The molecule has 2 N–H and O–H groups in total. The summed E-state index contributed by atoms with van der Waals surface area (Å²) in [5.41, 5.74) is 0.280. The van der Waals surface area contributed by atoms with E-state index in [9.17, 15) is 14.0 Å². The van der Waals surface area contributed by atoms with Crippen molar-refractivity contribution in [2.75, 3.05) is 6.54 Å². The summed E-state index contributed by atoms with van der Waals surface area (Å²) < 4.78 is 14.2. The van der Waals surface area contributed by atoms with E-state index in [1.54, 1.807) is 12.1 Å². The van der Waals surface area contributed by atoms with E-state index in [0.29, 0.717) is 10.9 Å². The van der Waals surface area contributed by atoms with Crippen LogP contribution in [0.3, 0.4) is 0 Å². The van der Waals surface area contributed by atoms with Crippen LogP contribution < -0.4 is 5.32 Å². The second-order valence-corrected chi connectivity index (χ2v) is 5.48. The quantitative estimate of drug-likeness (QED) is 0.736. The van der Waals surface area contributed by atoms with Crippen LogP contribution in [0.2, 0.25) is 0 Å². The maximum atomic E-state index is 13.5. The molecule has 1 atom stereocenters. The lowest BCUT2D eigenvalue weighted by Gasteiger charge is -2.11. The van der Waals surface area contributed by atoms with Crippen molar-refractivity contribution in [1.82, 2.24) is 5.32 Å². The molecule has 0 aromatic heterocycles. The Morgan fingerprint density at radius 2 is 2.19 bits per heavy atom. The summed E-state index contributed by atoms with van der Waals surface area (Å²) in [5, 5.41) is 11.5. The third-order valence-corrected chi connectivity index (χ3v) is 3.37. The number of halogens is 2. The first-order chi connectivity index (χ1) is 9.93. The maximum absolute atomic E-state index is 13.5. The van der Waals surface area contributed by atoms with Gasteiger partial charge in [-0.25, -0.2) is 4.39 Å². The van der Waals surface area contributed by atoms with E-state index in [-0.39, 0.29) is 12.1 Å². The van der Waals surface area contributed by atoms with Crippen molar-refractivity contribution < 1.29 is 19.1 Å². The van der Waals surface area contributed by atoms with E-state index in [4.69, 9.17) is 5.11 Å². The Morgan fingerprint density at radius 3 is 2.81 bits per heavy atom. The normalized spacial score (nSPS) is 12.3. The molecule has 1 unspecified atom stereocenters. The second-order valence-electron chi connectivity index (χ2n) is 4.57. The summed E-state index contributed by atoms with van der Waals surface area (Å²) in [6.45, 7) is 1.95. The minimum Gasteiger partial charge on any atom is -0.481 e. The van der Waals surface area contributed by atoms with E-state index in [1.165, 1.54) is 18.2 Å². The number of nitrogens with one attached hydrogen (secondary N) is 1. The van der Waals surface area contributed by atoms with Gasteiger partial charge in [-0.05, 0) is 30.7 Å². The summed E-state index contributed by atoms with van der Waals surface area (Å²) >= 11 is 3.22. The molecule has 1 amide bonds. The van der Waals surface area contributed by atoms with Crippen LogP contribution in [0.1, 0.15) is 25.3 Å². The molecule has 21 heavy (non-hydrogen) atoms. The van der Waals surface area contributed by atoms with E-state index >= 15 is 0 Å². The van der Waals surface area contributed by atoms with E-state index in [0.717, 1.165) is 6.42 Å². The largest absolute Gasteiger partial charge is 0.481 e. The number of hydrogen-bond acceptors (Lipinski definition) is 2. The summed E-state index contributed by atoms with van der Waals surface area (Å²) in [7, 11) is 0. The van der Waals surface area contributed by atoms with Gasteiger partial charge < -0.3 is 10.4 Å². The highest BCUT2D eigenvalue weighted by Crippen LogP contribution is 2.16. The summed E-state index contributed by atoms with van der Waals surface area (Å²) in [5.74, 6) is -2.41. The average Bonchev–Trinajstić information content (AvgIpc) is 2.44. The molecule has 0 bridgehead atoms. The topological polar surface area (TPSA) is 66.4 Å². The lowest BCUT2D eigenvalue weighted by atomic mass is 10.0. The van der Waals surface area contributed by atoms with Crippen LogP contribution >= 0.6 is 15.9 Å². The first-order valence-electron chi connectivity index (χ1n) is 6.57. The van der Waals surface area contributed by atoms with Gasteiger partial charge in [0.25, 0.3) is 0 Å². The fourth-order valence-corrected chi connectivity index (χ4v) is 2.13. The molecule has 1 aromatic carbocycles. The molecule has 1 aromatic rings. The van der Waals surface area contributed by atoms with Gasteiger partial charge in [-0.1, -0.05) is 29.3 Å². The summed E-state index contributed by atoms with van der Waals surface area (Å²) in [4.78, 5) is 22.6. The van der Waals surface area contributed by atoms with Gasteiger partial charge in [0.1, 0.15) is 5.82 Å². The lowest BCUT2D eigenvalue weighted by Crippen LogP contribution is -2.31. The van der Waals surface area contributed by atoms with Crippen LogP contribution in [0.4, 0.5) is 4.39 Å². The molecule has 0 saturated carbocycles. The van der Waals surface area contributed by atoms with Crippen molar-refractivity contribution in [2.24, 2.45) is 5.92 Å². The zero-order valence-electron chi connectivity index (χ0n) is 11.6. The molecule has 0 aliphatic carbocycles. The number of aliphatic carboxylic acids is 1. The molecule has 0 spiro atoms. The van der Waals surface area contributed by atoms with Crippen LogP contribution in [0.25, 0.3) is 6.08 Å². The Labute approximate surface area is 131 Å². The zero-order chi connectivity index (χ0) is 15.8. The SMILES string of the molecule is CCCC(CNC(=O)C=Cc1cc(Br)ccc1F)C(=O)O. The van der Waals surface area contributed by atoms with Gasteiger partial charge in [0.05, 0.1) is 5.92 Å². The van der Waals surface area contributed by atoms with Crippen molar-refractivity contribution in [1.29, 1.82) is 0 Å². The minimum absolute atomic E-state index is 0.0628. The van der Waals surface area contributed by atoms with Crippen molar-refractivity contribution in [3.8, 4) is 0 Å². The lowest BCUT2D eigenvalue weighted by molar-refractivity contribution is -0.141. The van der Waals surface area contributed by atoms with Gasteiger partial charge in [0.2, 0.25) is 5.91 Å². The van der Waals surface area contributed by atoms with Crippen LogP contribution in [-0.4, -0.2) is 23.5 Å².